The SMILES string of the molecule is CCC1=CC=CC(C)(C)C1C.I.c1ccc2[nH]ccc2c1. The molecule has 0 fully saturated rings. The lowest BCUT2D eigenvalue weighted by molar-refractivity contribution is 0.341. The summed E-state index contributed by atoms with van der Waals surface area (Å²) in [5, 5.41) is 1.28. The van der Waals surface area contributed by atoms with E-state index in [0.717, 1.165) is 0 Å². The molecular formula is C19H26IN. The van der Waals surface area contributed by atoms with Gasteiger partial charge in [-0.15, -0.1) is 24.0 Å². The lowest BCUT2D eigenvalue weighted by Gasteiger charge is -2.32. The molecule has 1 heterocycles. The minimum atomic E-state index is 0. The van der Waals surface area contributed by atoms with Crippen LogP contribution < -0.4 is 0 Å². The molecule has 3 rings (SSSR count). The number of halogens is 1. The number of para-hydroxylation sites is 1. The molecule has 1 aromatic heterocycles. The first kappa shape index (κ1) is 18.0. The van der Waals surface area contributed by atoms with Crippen LogP contribution in [0.25, 0.3) is 10.9 Å². The molecule has 0 bridgehead atoms. The third-order valence-corrected chi connectivity index (χ3v) is 4.38. The third-order valence-electron chi connectivity index (χ3n) is 4.38. The van der Waals surface area contributed by atoms with Crippen LogP contribution in [0.3, 0.4) is 0 Å². The van der Waals surface area contributed by atoms with Crippen LogP contribution in [0.4, 0.5) is 0 Å². The molecule has 0 saturated heterocycles. The predicted octanol–water partition coefficient (Wildman–Crippen LogP) is 6.34. The Kier molecular flexibility index (Phi) is 6.72. The maximum Gasteiger partial charge on any atom is 0.0453 e. The van der Waals surface area contributed by atoms with Gasteiger partial charge in [0, 0.05) is 11.7 Å². The average molecular weight is 395 g/mol. The zero-order valence-electron chi connectivity index (χ0n) is 13.4. The van der Waals surface area contributed by atoms with Crippen molar-refractivity contribution in [2.45, 2.75) is 34.1 Å². The number of nitrogens with one attached hydrogen (secondary N) is 1. The average Bonchev–Trinajstić information content (AvgIpc) is 2.91. The second-order valence-corrected chi connectivity index (χ2v) is 6.06. The summed E-state index contributed by atoms with van der Waals surface area (Å²) in [6, 6.07) is 10.3. The van der Waals surface area contributed by atoms with Crippen LogP contribution in [0.5, 0.6) is 0 Å². The highest BCUT2D eigenvalue weighted by atomic mass is 127. The number of aromatic nitrogens is 1. The fraction of sp³-hybridized carbons (Fsp3) is 0.368. The van der Waals surface area contributed by atoms with Crippen LogP contribution in [0.1, 0.15) is 34.1 Å². The van der Waals surface area contributed by atoms with E-state index in [-0.39, 0.29) is 24.0 Å². The molecule has 0 radical (unpaired) electrons. The van der Waals surface area contributed by atoms with Gasteiger partial charge in [0.05, 0.1) is 0 Å². The molecule has 1 aliphatic carbocycles. The van der Waals surface area contributed by atoms with Gasteiger partial charge in [0.25, 0.3) is 0 Å². The van der Waals surface area contributed by atoms with E-state index in [1.165, 1.54) is 17.3 Å². The summed E-state index contributed by atoms with van der Waals surface area (Å²) < 4.78 is 0. The zero-order valence-corrected chi connectivity index (χ0v) is 15.7. The maximum atomic E-state index is 3.12. The van der Waals surface area contributed by atoms with E-state index >= 15 is 0 Å². The van der Waals surface area contributed by atoms with Gasteiger partial charge in [0.2, 0.25) is 0 Å². The fourth-order valence-electron chi connectivity index (χ4n) is 2.61. The Morgan fingerprint density at radius 2 is 1.86 bits per heavy atom. The van der Waals surface area contributed by atoms with Gasteiger partial charge in [0.1, 0.15) is 0 Å². The molecule has 0 spiro atoms. The fourth-order valence-corrected chi connectivity index (χ4v) is 2.61. The van der Waals surface area contributed by atoms with Crippen molar-refractivity contribution in [1.82, 2.24) is 4.98 Å². The first-order valence-electron chi connectivity index (χ1n) is 7.45. The van der Waals surface area contributed by atoms with E-state index in [4.69, 9.17) is 0 Å². The number of benzene rings is 1. The van der Waals surface area contributed by atoms with Crippen molar-refractivity contribution in [1.29, 1.82) is 0 Å². The summed E-state index contributed by atoms with van der Waals surface area (Å²) in [6.07, 6.45) is 9.89. The van der Waals surface area contributed by atoms with Gasteiger partial charge in [0.15, 0.2) is 0 Å². The normalized spacial score (nSPS) is 19.2. The maximum absolute atomic E-state index is 3.12. The summed E-state index contributed by atoms with van der Waals surface area (Å²) in [6.45, 7) is 9.16. The lowest BCUT2D eigenvalue weighted by atomic mass is 9.72. The Hall–Kier alpha value is -1.03. The number of hydrogen-bond acceptors (Lipinski definition) is 0. The summed E-state index contributed by atoms with van der Waals surface area (Å²) in [4.78, 5) is 3.12. The van der Waals surface area contributed by atoms with Crippen LogP contribution in [0.2, 0.25) is 0 Å². The number of rotatable bonds is 1. The van der Waals surface area contributed by atoms with Crippen LogP contribution in [0.15, 0.2) is 60.3 Å². The van der Waals surface area contributed by atoms with Crippen molar-refractivity contribution in [3.05, 3.63) is 60.3 Å². The molecule has 1 unspecified atom stereocenters. The van der Waals surface area contributed by atoms with Crippen LogP contribution >= 0.6 is 24.0 Å². The van der Waals surface area contributed by atoms with E-state index in [2.05, 4.69) is 69.1 Å². The molecule has 1 nitrogen and oxygen atoms in total. The van der Waals surface area contributed by atoms with Crippen molar-refractivity contribution >= 4 is 34.9 Å². The highest BCUT2D eigenvalue weighted by molar-refractivity contribution is 14.0. The molecule has 1 N–H and O–H groups in total. The van der Waals surface area contributed by atoms with Crippen molar-refractivity contribution in [3.63, 3.8) is 0 Å². The molecule has 0 amide bonds. The molecule has 0 aliphatic heterocycles. The van der Waals surface area contributed by atoms with Crippen LogP contribution in [-0.2, 0) is 0 Å². The summed E-state index contributed by atoms with van der Waals surface area (Å²) in [5.74, 6) is 0.706. The van der Waals surface area contributed by atoms with Gasteiger partial charge in [-0.2, -0.15) is 0 Å². The smallest absolute Gasteiger partial charge is 0.0453 e. The number of hydrogen-bond donors (Lipinski definition) is 1. The number of aromatic amines is 1. The topological polar surface area (TPSA) is 15.8 Å². The van der Waals surface area contributed by atoms with Crippen molar-refractivity contribution in [2.75, 3.05) is 0 Å². The van der Waals surface area contributed by atoms with Crippen molar-refractivity contribution < 1.29 is 0 Å². The minimum Gasteiger partial charge on any atom is -0.361 e. The Morgan fingerprint density at radius 1 is 1.14 bits per heavy atom. The summed E-state index contributed by atoms with van der Waals surface area (Å²) in [7, 11) is 0. The third kappa shape index (κ3) is 4.47. The van der Waals surface area contributed by atoms with Gasteiger partial charge >= 0.3 is 0 Å². The standard InChI is InChI=1S/C11H18.C8H7N.HI/c1-5-10-7-6-8-11(3,4)9(10)2;1-2-4-8-7(3-1)5-6-9-8;/h6-9H,5H2,1-4H3;1-6,9H;1H. The second kappa shape index (κ2) is 7.83. The first-order valence-corrected chi connectivity index (χ1v) is 7.45. The van der Waals surface area contributed by atoms with Gasteiger partial charge in [-0.1, -0.05) is 69.7 Å². The molecule has 2 heteroatoms. The van der Waals surface area contributed by atoms with Crippen LogP contribution in [-0.4, -0.2) is 4.98 Å². The molecule has 1 atom stereocenters. The summed E-state index contributed by atoms with van der Waals surface area (Å²) in [5.41, 5.74) is 3.15. The Bertz CT molecular complexity index is 589. The van der Waals surface area contributed by atoms with E-state index < -0.39 is 0 Å². The second-order valence-electron chi connectivity index (χ2n) is 6.06. The Morgan fingerprint density at radius 3 is 2.48 bits per heavy atom. The number of H-pyrrole nitrogens is 1. The first-order chi connectivity index (χ1) is 9.54. The minimum absolute atomic E-state index is 0. The summed E-state index contributed by atoms with van der Waals surface area (Å²) >= 11 is 0. The highest BCUT2D eigenvalue weighted by Crippen LogP contribution is 2.37. The molecule has 114 valence electrons. The number of fused-ring (bicyclic) bond motifs is 1. The molecule has 21 heavy (non-hydrogen) atoms. The van der Waals surface area contributed by atoms with Crippen molar-refractivity contribution in [3.8, 4) is 0 Å². The van der Waals surface area contributed by atoms with Gasteiger partial charge in [-0.05, 0) is 35.3 Å². The molecule has 1 aromatic carbocycles. The van der Waals surface area contributed by atoms with Gasteiger partial charge in [-0.25, -0.2) is 0 Å². The predicted molar refractivity (Wildman–Crippen MR) is 104 cm³/mol. The number of allylic oxidation sites excluding steroid dienone is 4. The quantitative estimate of drug-likeness (QED) is 0.543. The van der Waals surface area contributed by atoms with Gasteiger partial charge < -0.3 is 4.98 Å². The van der Waals surface area contributed by atoms with E-state index in [1.807, 2.05) is 18.3 Å². The lowest BCUT2D eigenvalue weighted by Crippen LogP contribution is -2.22. The van der Waals surface area contributed by atoms with E-state index in [0.29, 0.717) is 11.3 Å². The largest absolute Gasteiger partial charge is 0.361 e. The molecule has 0 saturated carbocycles. The Balaban J connectivity index is 0.000000203. The highest BCUT2D eigenvalue weighted by Gasteiger charge is 2.26. The van der Waals surface area contributed by atoms with Crippen molar-refractivity contribution in [2.24, 2.45) is 11.3 Å². The van der Waals surface area contributed by atoms with E-state index in [9.17, 15) is 0 Å². The monoisotopic (exact) mass is 395 g/mol. The molecular weight excluding hydrogens is 369 g/mol. The van der Waals surface area contributed by atoms with Crippen LogP contribution in [0, 0.1) is 11.3 Å². The molecule has 1 aliphatic rings. The molecule has 2 aromatic rings. The zero-order chi connectivity index (χ0) is 14.6. The van der Waals surface area contributed by atoms with E-state index in [1.54, 1.807) is 5.57 Å². The Labute approximate surface area is 145 Å². The van der Waals surface area contributed by atoms with Gasteiger partial charge in [-0.3, -0.25) is 0 Å².